The van der Waals surface area contributed by atoms with Gasteiger partial charge in [-0.05, 0) is 17.9 Å². The molecule has 2 aromatic rings. The molecule has 0 atom stereocenters. The molecule has 0 aliphatic carbocycles. The van der Waals surface area contributed by atoms with Gasteiger partial charge in [0.2, 0.25) is 0 Å². The van der Waals surface area contributed by atoms with Crippen LogP contribution in [0.4, 0.5) is 0 Å². The van der Waals surface area contributed by atoms with Gasteiger partial charge >= 0.3 is 0 Å². The number of carbonyl (C=O) groups is 1. The maximum atomic E-state index is 12.1. The van der Waals surface area contributed by atoms with Gasteiger partial charge in [0.15, 0.2) is 10.9 Å². The molecule has 0 saturated heterocycles. The van der Waals surface area contributed by atoms with Crippen LogP contribution < -0.4 is 5.32 Å². The predicted molar refractivity (Wildman–Crippen MR) is 81.4 cm³/mol. The molecule has 0 aliphatic rings. The Balaban J connectivity index is 2.11. The summed E-state index contributed by atoms with van der Waals surface area (Å²) in [6.45, 7) is 0.313. The van der Waals surface area contributed by atoms with Crippen LogP contribution in [0.25, 0.3) is 0 Å². The van der Waals surface area contributed by atoms with Gasteiger partial charge in [-0.3, -0.25) is 4.79 Å². The number of hydrogen-bond acceptors (Lipinski definition) is 4. The standard InChI is InChI=1S/C13H11Cl2N3OS/c1-20-13-17-7-10(15)11(18-13)12(19)16-6-8-4-2-3-5-9(8)14/h2-5,7H,6H2,1H3,(H,16,19). The third-order valence-electron chi connectivity index (χ3n) is 2.52. The number of aromatic nitrogens is 2. The van der Waals surface area contributed by atoms with Gasteiger partial charge in [0.1, 0.15) is 0 Å². The number of rotatable bonds is 4. The highest BCUT2D eigenvalue weighted by Crippen LogP contribution is 2.17. The summed E-state index contributed by atoms with van der Waals surface area (Å²) in [6.07, 6.45) is 3.25. The average Bonchev–Trinajstić information content (AvgIpc) is 2.46. The summed E-state index contributed by atoms with van der Waals surface area (Å²) in [7, 11) is 0. The summed E-state index contributed by atoms with van der Waals surface area (Å²) in [5.74, 6) is -0.354. The van der Waals surface area contributed by atoms with Gasteiger partial charge in [-0.15, -0.1) is 0 Å². The minimum atomic E-state index is -0.354. The van der Waals surface area contributed by atoms with Gasteiger partial charge in [-0.25, -0.2) is 9.97 Å². The maximum absolute atomic E-state index is 12.1. The normalized spacial score (nSPS) is 10.3. The average molecular weight is 328 g/mol. The molecule has 0 unspecified atom stereocenters. The third-order valence-corrected chi connectivity index (χ3v) is 3.72. The van der Waals surface area contributed by atoms with Crippen molar-refractivity contribution in [1.29, 1.82) is 0 Å². The minimum absolute atomic E-state index is 0.165. The number of amides is 1. The minimum Gasteiger partial charge on any atom is -0.347 e. The van der Waals surface area contributed by atoms with E-state index in [9.17, 15) is 4.79 Å². The molecule has 0 aliphatic heterocycles. The Labute approximate surface area is 130 Å². The summed E-state index contributed by atoms with van der Waals surface area (Å²) in [5, 5.41) is 4.06. The Bertz CT molecular complexity index is 637. The van der Waals surface area contributed by atoms with Crippen LogP contribution in [0.1, 0.15) is 16.1 Å². The van der Waals surface area contributed by atoms with E-state index in [0.29, 0.717) is 16.7 Å². The Morgan fingerprint density at radius 3 is 2.75 bits per heavy atom. The predicted octanol–water partition coefficient (Wildman–Crippen LogP) is 3.44. The molecule has 0 saturated carbocycles. The smallest absolute Gasteiger partial charge is 0.271 e. The first-order valence-electron chi connectivity index (χ1n) is 5.70. The molecule has 0 radical (unpaired) electrons. The molecule has 4 nitrogen and oxygen atoms in total. The largest absolute Gasteiger partial charge is 0.347 e. The summed E-state index contributed by atoms with van der Waals surface area (Å²) in [4.78, 5) is 20.2. The molecule has 7 heteroatoms. The molecule has 0 spiro atoms. The van der Waals surface area contributed by atoms with Crippen LogP contribution in [-0.4, -0.2) is 22.1 Å². The SMILES string of the molecule is CSc1ncc(Cl)c(C(=O)NCc2ccccc2Cl)n1. The van der Waals surface area contributed by atoms with Crippen LogP contribution in [0.3, 0.4) is 0 Å². The molecule has 1 aromatic heterocycles. The van der Waals surface area contributed by atoms with E-state index >= 15 is 0 Å². The van der Waals surface area contributed by atoms with Gasteiger partial charge in [0, 0.05) is 11.6 Å². The first-order chi connectivity index (χ1) is 9.61. The number of hydrogen-bond donors (Lipinski definition) is 1. The van der Waals surface area contributed by atoms with E-state index in [2.05, 4.69) is 15.3 Å². The monoisotopic (exact) mass is 327 g/mol. The molecular weight excluding hydrogens is 317 g/mol. The fourth-order valence-corrected chi connectivity index (χ4v) is 2.23. The van der Waals surface area contributed by atoms with E-state index in [1.54, 1.807) is 6.07 Å². The molecular formula is C13H11Cl2N3OS. The first kappa shape index (κ1) is 15.1. The van der Waals surface area contributed by atoms with Crippen molar-refractivity contribution in [3.8, 4) is 0 Å². The summed E-state index contributed by atoms with van der Waals surface area (Å²) >= 11 is 13.3. The number of nitrogens with one attached hydrogen (secondary N) is 1. The van der Waals surface area contributed by atoms with E-state index in [1.807, 2.05) is 24.5 Å². The molecule has 0 bridgehead atoms. The second-order valence-electron chi connectivity index (χ2n) is 3.83. The van der Waals surface area contributed by atoms with Crippen molar-refractivity contribution in [2.24, 2.45) is 0 Å². The third kappa shape index (κ3) is 3.62. The number of nitrogens with zero attached hydrogens (tertiary/aromatic N) is 2. The van der Waals surface area contributed by atoms with Gasteiger partial charge < -0.3 is 5.32 Å². The van der Waals surface area contributed by atoms with Gasteiger partial charge in [-0.1, -0.05) is 53.2 Å². The zero-order valence-electron chi connectivity index (χ0n) is 10.6. The van der Waals surface area contributed by atoms with Gasteiger partial charge in [0.25, 0.3) is 5.91 Å². The fourth-order valence-electron chi connectivity index (χ4n) is 1.51. The molecule has 1 heterocycles. The lowest BCUT2D eigenvalue weighted by atomic mass is 10.2. The van der Waals surface area contributed by atoms with Crippen LogP contribution in [0, 0.1) is 0 Å². The zero-order chi connectivity index (χ0) is 14.5. The van der Waals surface area contributed by atoms with Crippen molar-refractivity contribution < 1.29 is 4.79 Å². The van der Waals surface area contributed by atoms with E-state index < -0.39 is 0 Å². The summed E-state index contributed by atoms with van der Waals surface area (Å²) in [5.41, 5.74) is 0.996. The van der Waals surface area contributed by atoms with E-state index in [-0.39, 0.29) is 16.6 Å². The number of halogens is 2. The van der Waals surface area contributed by atoms with Crippen molar-refractivity contribution in [3.63, 3.8) is 0 Å². The van der Waals surface area contributed by atoms with Crippen LogP contribution >= 0.6 is 35.0 Å². The van der Waals surface area contributed by atoms with Crippen molar-refractivity contribution in [1.82, 2.24) is 15.3 Å². The van der Waals surface area contributed by atoms with Gasteiger partial charge in [0.05, 0.1) is 11.2 Å². The van der Waals surface area contributed by atoms with Gasteiger partial charge in [-0.2, -0.15) is 0 Å². The molecule has 104 valence electrons. The van der Waals surface area contributed by atoms with Crippen molar-refractivity contribution >= 4 is 40.9 Å². The Kier molecular flexibility index (Phi) is 5.23. The second kappa shape index (κ2) is 6.92. The van der Waals surface area contributed by atoms with Crippen LogP contribution in [0.5, 0.6) is 0 Å². The van der Waals surface area contributed by atoms with Crippen LogP contribution in [0.2, 0.25) is 10.0 Å². The first-order valence-corrected chi connectivity index (χ1v) is 7.68. The lowest BCUT2D eigenvalue weighted by molar-refractivity contribution is 0.0945. The van der Waals surface area contributed by atoms with E-state index in [4.69, 9.17) is 23.2 Å². The molecule has 1 N–H and O–H groups in total. The number of thioether (sulfide) groups is 1. The second-order valence-corrected chi connectivity index (χ2v) is 5.42. The highest BCUT2D eigenvalue weighted by molar-refractivity contribution is 7.98. The lowest BCUT2D eigenvalue weighted by Crippen LogP contribution is -2.24. The Morgan fingerprint density at radius 2 is 2.05 bits per heavy atom. The Morgan fingerprint density at radius 1 is 1.30 bits per heavy atom. The fraction of sp³-hybridized carbons (Fsp3) is 0.154. The highest BCUT2D eigenvalue weighted by Gasteiger charge is 2.14. The highest BCUT2D eigenvalue weighted by atomic mass is 35.5. The lowest BCUT2D eigenvalue weighted by Gasteiger charge is -2.08. The molecule has 20 heavy (non-hydrogen) atoms. The topological polar surface area (TPSA) is 54.9 Å². The number of carbonyl (C=O) groups excluding carboxylic acids is 1. The summed E-state index contributed by atoms with van der Waals surface area (Å²) < 4.78 is 0. The molecule has 0 fully saturated rings. The van der Waals surface area contributed by atoms with Crippen molar-refractivity contribution in [2.75, 3.05) is 6.26 Å². The van der Waals surface area contributed by atoms with Crippen molar-refractivity contribution in [2.45, 2.75) is 11.7 Å². The number of benzene rings is 1. The van der Waals surface area contributed by atoms with Crippen molar-refractivity contribution in [3.05, 3.63) is 51.8 Å². The Hall–Kier alpha value is -1.30. The molecule has 1 aromatic carbocycles. The summed E-state index contributed by atoms with van der Waals surface area (Å²) in [6, 6.07) is 7.31. The van der Waals surface area contributed by atoms with Crippen LogP contribution in [0.15, 0.2) is 35.6 Å². The van der Waals surface area contributed by atoms with Crippen LogP contribution in [-0.2, 0) is 6.54 Å². The maximum Gasteiger partial charge on any atom is 0.271 e. The molecule has 2 rings (SSSR count). The quantitative estimate of drug-likeness (QED) is 0.690. The van der Waals surface area contributed by atoms with E-state index in [0.717, 1.165) is 5.56 Å². The van der Waals surface area contributed by atoms with E-state index in [1.165, 1.54) is 18.0 Å². The zero-order valence-corrected chi connectivity index (χ0v) is 12.9. The molecule has 1 amide bonds.